The summed E-state index contributed by atoms with van der Waals surface area (Å²) in [6, 6.07) is 7.98. The second-order valence-corrected chi connectivity index (χ2v) is 6.81. The molecule has 0 unspecified atom stereocenters. The van der Waals surface area contributed by atoms with Crippen LogP contribution in [-0.4, -0.2) is 24.0 Å². The number of thiazole rings is 1. The van der Waals surface area contributed by atoms with Crippen molar-refractivity contribution < 1.29 is 4.79 Å². The summed E-state index contributed by atoms with van der Waals surface area (Å²) in [5, 5.41) is 7.02. The molecular weight excluding hydrogens is 294 g/mol. The molecule has 5 heteroatoms. The zero-order chi connectivity index (χ0) is 15.4. The lowest BCUT2D eigenvalue weighted by Crippen LogP contribution is -2.26. The standard InChI is InChI=1S/C17H21N3OS/c1-12-4-2-3-5-14(12)10-16(21)20-17-19-11-15(22-17)13-6-8-18-9-7-13/h2-5,11,13,18H,6-10H2,1H3,(H,19,20,21). The summed E-state index contributed by atoms with van der Waals surface area (Å²) >= 11 is 1.61. The normalized spacial score (nSPS) is 15.7. The van der Waals surface area contributed by atoms with Crippen molar-refractivity contribution >= 4 is 22.4 Å². The molecule has 4 nitrogen and oxygen atoms in total. The highest BCUT2D eigenvalue weighted by atomic mass is 32.1. The summed E-state index contributed by atoms with van der Waals surface area (Å²) in [6.45, 7) is 4.16. The van der Waals surface area contributed by atoms with Gasteiger partial charge >= 0.3 is 0 Å². The second kappa shape index (κ2) is 7.03. The Morgan fingerprint density at radius 2 is 2.14 bits per heavy atom. The number of carbonyl (C=O) groups is 1. The Morgan fingerprint density at radius 3 is 2.91 bits per heavy atom. The molecule has 1 aromatic carbocycles. The fraction of sp³-hybridized carbons (Fsp3) is 0.412. The van der Waals surface area contributed by atoms with E-state index in [1.807, 2.05) is 37.4 Å². The number of piperidine rings is 1. The minimum atomic E-state index is 0.000473. The van der Waals surface area contributed by atoms with Crippen molar-refractivity contribution in [2.24, 2.45) is 0 Å². The number of amides is 1. The molecule has 1 aliphatic heterocycles. The van der Waals surface area contributed by atoms with Gasteiger partial charge in [0.05, 0.1) is 6.42 Å². The highest BCUT2D eigenvalue weighted by Gasteiger charge is 2.18. The smallest absolute Gasteiger partial charge is 0.230 e. The van der Waals surface area contributed by atoms with Crippen LogP contribution in [0.15, 0.2) is 30.5 Å². The van der Waals surface area contributed by atoms with Crippen LogP contribution in [0.5, 0.6) is 0 Å². The van der Waals surface area contributed by atoms with Crippen LogP contribution in [0.1, 0.15) is 34.8 Å². The molecule has 1 aliphatic rings. The molecule has 0 atom stereocenters. The summed E-state index contributed by atoms with van der Waals surface area (Å²) in [5.74, 6) is 0.585. The molecule has 0 radical (unpaired) electrons. The maximum Gasteiger partial charge on any atom is 0.230 e. The molecule has 0 spiro atoms. The van der Waals surface area contributed by atoms with E-state index in [0.29, 0.717) is 17.5 Å². The van der Waals surface area contributed by atoms with Crippen LogP contribution < -0.4 is 10.6 Å². The highest BCUT2D eigenvalue weighted by molar-refractivity contribution is 7.15. The molecule has 2 N–H and O–H groups in total. The molecule has 116 valence electrons. The number of nitrogens with zero attached hydrogens (tertiary/aromatic N) is 1. The van der Waals surface area contributed by atoms with Crippen molar-refractivity contribution in [1.82, 2.24) is 10.3 Å². The van der Waals surface area contributed by atoms with Crippen molar-refractivity contribution in [3.8, 4) is 0 Å². The number of aromatic nitrogens is 1. The maximum absolute atomic E-state index is 12.2. The number of hydrogen-bond donors (Lipinski definition) is 2. The first-order valence-corrected chi connectivity index (χ1v) is 8.55. The van der Waals surface area contributed by atoms with E-state index >= 15 is 0 Å². The molecule has 1 saturated heterocycles. The summed E-state index contributed by atoms with van der Waals surface area (Å²) in [7, 11) is 0. The first-order chi connectivity index (χ1) is 10.7. The molecule has 0 saturated carbocycles. The molecule has 3 rings (SSSR count). The Bertz CT molecular complexity index is 647. The van der Waals surface area contributed by atoms with Gasteiger partial charge in [-0.25, -0.2) is 4.98 Å². The van der Waals surface area contributed by atoms with Gasteiger partial charge in [-0.2, -0.15) is 0 Å². The third-order valence-corrected chi connectivity index (χ3v) is 5.20. The number of aryl methyl sites for hydroxylation is 1. The van der Waals surface area contributed by atoms with E-state index in [4.69, 9.17) is 0 Å². The van der Waals surface area contributed by atoms with Gasteiger partial charge in [0.25, 0.3) is 0 Å². The number of benzene rings is 1. The minimum Gasteiger partial charge on any atom is -0.317 e. The van der Waals surface area contributed by atoms with Gasteiger partial charge in [0.1, 0.15) is 0 Å². The van der Waals surface area contributed by atoms with Gasteiger partial charge in [-0.3, -0.25) is 4.79 Å². The van der Waals surface area contributed by atoms with E-state index in [1.165, 1.54) is 4.88 Å². The fourth-order valence-corrected chi connectivity index (χ4v) is 3.79. The number of anilines is 1. The van der Waals surface area contributed by atoms with Crippen LogP contribution in [0.25, 0.3) is 0 Å². The van der Waals surface area contributed by atoms with E-state index in [-0.39, 0.29) is 5.91 Å². The van der Waals surface area contributed by atoms with Crippen LogP contribution in [-0.2, 0) is 11.2 Å². The molecule has 0 aliphatic carbocycles. The zero-order valence-corrected chi connectivity index (χ0v) is 13.6. The first kappa shape index (κ1) is 15.2. The minimum absolute atomic E-state index is 0.000473. The van der Waals surface area contributed by atoms with Crippen molar-refractivity contribution in [2.45, 2.75) is 32.1 Å². The lowest BCUT2D eigenvalue weighted by molar-refractivity contribution is -0.115. The van der Waals surface area contributed by atoms with Gasteiger partial charge in [-0.05, 0) is 49.9 Å². The predicted octanol–water partition coefficient (Wildman–Crippen LogP) is 3.10. The van der Waals surface area contributed by atoms with E-state index in [0.717, 1.165) is 37.1 Å². The topological polar surface area (TPSA) is 54.0 Å². The molecule has 2 aromatic rings. The lowest BCUT2D eigenvalue weighted by Gasteiger charge is -2.20. The number of carbonyl (C=O) groups excluding carboxylic acids is 1. The summed E-state index contributed by atoms with van der Waals surface area (Å²) < 4.78 is 0. The number of hydrogen-bond acceptors (Lipinski definition) is 4. The van der Waals surface area contributed by atoms with Gasteiger partial charge in [0.2, 0.25) is 5.91 Å². The van der Waals surface area contributed by atoms with Crippen LogP contribution >= 0.6 is 11.3 Å². The van der Waals surface area contributed by atoms with Crippen LogP contribution in [0.3, 0.4) is 0 Å². The third-order valence-electron chi connectivity index (χ3n) is 4.12. The van der Waals surface area contributed by atoms with E-state index in [2.05, 4.69) is 15.6 Å². The monoisotopic (exact) mass is 315 g/mol. The van der Waals surface area contributed by atoms with E-state index in [1.54, 1.807) is 11.3 Å². The highest BCUT2D eigenvalue weighted by Crippen LogP contribution is 2.31. The number of nitrogens with one attached hydrogen (secondary N) is 2. The Balaban J connectivity index is 1.60. The Hall–Kier alpha value is -1.72. The Morgan fingerprint density at radius 1 is 1.36 bits per heavy atom. The van der Waals surface area contributed by atoms with E-state index < -0.39 is 0 Å². The van der Waals surface area contributed by atoms with Crippen molar-refractivity contribution in [1.29, 1.82) is 0 Å². The van der Waals surface area contributed by atoms with Crippen molar-refractivity contribution in [2.75, 3.05) is 18.4 Å². The van der Waals surface area contributed by atoms with Gasteiger partial charge in [0.15, 0.2) is 5.13 Å². The van der Waals surface area contributed by atoms with Gasteiger partial charge in [-0.15, -0.1) is 11.3 Å². The van der Waals surface area contributed by atoms with Crippen LogP contribution in [0.2, 0.25) is 0 Å². The van der Waals surface area contributed by atoms with Crippen LogP contribution in [0, 0.1) is 6.92 Å². The molecule has 1 aromatic heterocycles. The molecule has 2 heterocycles. The zero-order valence-electron chi connectivity index (χ0n) is 12.8. The Labute approximate surface area is 135 Å². The largest absolute Gasteiger partial charge is 0.317 e. The molecule has 1 fully saturated rings. The summed E-state index contributed by atoms with van der Waals surface area (Å²) in [5.41, 5.74) is 2.21. The third kappa shape index (κ3) is 3.72. The molecular formula is C17H21N3OS. The molecule has 22 heavy (non-hydrogen) atoms. The Kier molecular flexibility index (Phi) is 4.85. The van der Waals surface area contributed by atoms with E-state index in [9.17, 15) is 4.79 Å². The van der Waals surface area contributed by atoms with Gasteiger partial charge in [-0.1, -0.05) is 24.3 Å². The second-order valence-electron chi connectivity index (χ2n) is 5.74. The van der Waals surface area contributed by atoms with Crippen molar-refractivity contribution in [3.63, 3.8) is 0 Å². The first-order valence-electron chi connectivity index (χ1n) is 7.73. The van der Waals surface area contributed by atoms with Gasteiger partial charge < -0.3 is 10.6 Å². The average molecular weight is 315 g/mol. The fourth-order valence-electron chi connectivity index (χ4n) is 2.78. The SMILES string of the molecule is Cc1ccccc1CC(=O)Nc1ncc(C2CCNCC2)s1. The quantitative estimate of drug-likeness (QED) is 0.911. The van der Waals surface area contributed by atoms with Crippen molar-refractivity contribution in [3.05, 3.63) is 46.5 Å². The predicted molar refractivity (Wildman–Crippen MR) is 90.5 cm³/mol. The summed E-state index contributed by atoms with van der Waals surface area (Å²) in [4.78, 5) is 17.8. The number of rotatable bonds is 4. The molecule has 1 amide bonds. The maximum atomic E-state index is 12.2. The van der Waals surface area contributed by atoms with Crippen LogP contribution in [0.4, 0.5) is 5.13 Å². The van der Waals surface area contributed by atoms with Gasteiger partial charge in [0, 0.05) is 11.1 Å². The summed E-state index contributed by atoms with van der Waals surface area (Å²) in [6.07, 6.45) is 4.62. The average Bonchev–Trinajstić information content (AvgIpc) is 2.99. The lowest BCUT2D eigenvalue weighted by atomic mass is 9.97. The molecule has 0 bridgehead atoms.